The van der Waals surface area contributed by atoms with E-state index in [1.54, 1.807) is 38.8 Å². The molecule has 0 spiro atoms. The molecule has 2 aromatic heterocycles. The van der Waals surface area contributed by atoms with Crippen LogP contribution in [0.15, 0.2) is 41.5 Å². The molecule has 0 saturated carbocycles. The molecule has 4 rings (SSSR count). The first-order valence-corrected chi connectivity index (χ1v) is 12.0. The number of hydrogen-bond donors (Lipinski definition) is 2. The number of nitrogens with two attached hydrogens (primary N) is 1. The smallest absolute Gasteiger partial charge is 0.416 e. The van der Waals surface area contributed by atoms with Crippen LogP contribution in [0, 0.1) is 0 Å². The van der Waals surface area contributed by atoms with Gasteiger partial charge in [-0.3, -0.25) is 9.36 Å². The van der Waals surface area contributed by atoms with Crippen molar-refractivity contribution in [2.24, 2.45) is 7.05 Å². The Balaban J connectivity index is 1.63. The number of fused-ring (bicyclic) bond motifs is 1. The van der Waals surface area contributed by atoms with Crippen LogP contribution in [-0.2, 0) is 24.5 Å². The van der Waals surface area contributed by atoms with Crippen molar-refractivity contribution in [3.8, 4) is 0 Å². The lowest BCUT2D eigenvalue weighted by Gasteiger charge is -2.29. The Morgan fingerprint density at radius 3 is 2.53 bits per heavy atom. The Morgan fingerprint density at radius 2 is 1.89 bits per heavy atom. The van der Waals surface area contributed by atoms with Crippen LogP contribution >= 0.6 is 0 Å². The van der Waals surface area contributed by atoms with E-state index >= 15 is 0 Å². The number of nitrogen functional groups attached to an aromatic ring is 1. The van der Waals surface area contributed by atoms with Crippen molar-refractivity contribution in [1.82, 2.24) is 19.4 Å². The summed E-state index contributed by atoms with van der Waals surface area (Å²) in [6.45, 7) is 6.08. The third-order valence-electron chi connectivity index (χ3n) is 6.01. The monoisotopic (exact) mass is 530 g/mol. The maximum absolute atomic E-state index is 13.2. The van der Waals surface area contributed by atoms with E-state index in [-0.39, 0.29) is 17.8 Å². The number of amides is 1. The standard InChI is InChI=1S/C26H29F3N6O3/c1-25(2,3)38-24(37)35-7-5-16(6-8-35)19-12-20-21(32-14-33-22(20)34(4)23(19)36)31-13-15-9-17(26(27,28)29)11-18(30)10-15/h5,9-12,14H,6-8,13,30H2,1-4H3,(H,31,32,33). The van der Waals surface area contributed by atoms with E-state index in [9.17, 15) is 22.8 Å². The molecule has 1 aliphatic rings. The van der Waals surface area contributed by atoms with E-state index in [4.69, 9.17) is 10.5 Å². The average molecular weight is 531 g/mol. The number of rotatable bonds is 4. The van der Waals surface area contributed by atoms with Gasteiger partial charge in [0.05, 0.1) is 10.9 Å². The number of alkyl halides is 3. The molecule has 0 unspecified atom stereocenters. The summed E-state index contributed by atoms with van der Waals surface area (Å²) in [6.07, 6.45) is -1.40. The molecule has 12 heteroatoms. The van der Waals surface area contributed by atoms with Gasteiger partial charge in [0, 0.05) is 37.9 Å². The van der Waals surface area contributed by atoms with E-state index in [1.165, 1.54) is 17.0 Å². The summed E-state index contributed by atoms with van der Waals surface area (Å²) in [5, 5.41) is 3.58. The quantitative estimate of drug-likeness (QED) is 0.475. The first-order chi connectivity index (χ1) is 17.7. The van der Waals surface area contributed by atoms with Gasteiger partial charge in [0.15, 0.2) is 0 Å². The fourth-order valence-corrected chi connectivity index (χ4v) is 4.22. The Bertz CT molecular complexity index is 1470. The molecular weight excluding hydrogens is 501 g/mol. The SMILES string of the molecule is Cn1c(=O)c(C2=CCN(C(=O)OC(C)(C)C)CC2)cc2c(NCc3cc(N)cc(C(F)(F)F)c3)ncnc21. The zero-order valence-corrected chi connectivity index (χ0v) is 21.5. The minimum atomic E-state index is -4.52. The maximum Gasteiger partial charge on any atom is 0.416 e. The van der Waals surface area contributed by atoms with Gasteiger partial charge in [-0.1, -0.05) is 6.08 Å². The van der Waals surface area contributed by atoms with Gasteiger partial charge in [0.1, 0.15) is 23.4 Å². The number of benzene rings is 1. The molecule has 202 valence electrons. The number of nitrogens with zero attached hydrogens (tertiary/aromatic N) is 4. The number of aromatic nitrogens is 3. The van der Waals surface area contributed by atoms with Crippen molar-refractivity contribution in [1.29, 1.82) is 0 Å². The van der Waals surface area contributed by atoms with E-state index in [1.807, 2.05) is 6.08 Å². The number of nitrogens with one attached hydrogen (secondary N) is 1. The Morgan fingerprint density at radius 1 is 1.16 bits per heavy atom. The second kappa shape index (κ2) is 9.99. The first-order valence-electron chi connectivity index (χ1n) is 12.0. The molecule has 1 amide bonds. The number of pyridine rings is 1. The summed E-state index contributed by atoms with van der Waals surface area (Å²) in [7, 11) is 1.59. The number of halogens is 3. The highest BCUT2D eigenvalue weighted by Crippen LogP contribution is 2.32. The molecule has 0 radical (unpaired) electrons. The highest BCUT2D eigenvalue weighted by molar-refractivity contribution is 5.89. The van der Waals surface area contributed by atoms with E-state index in [2.05, 4.69) is 15.3 Å². The molecular formula is C26H29F3N6O3. The molecule has 1 aromatic carbocycles. The largest absolute Gasteiger partial charge is 0.444 e. The minimum Gasteiger partial charge on any atom is -0.444 e. The fourth-order valence-electron chi connectivity index (χ4n) is 4.22. The van der Waals surface area contributed by atoms with Crippen molar-refractivity contribution in [2.45, 2.75) is 45.5 Å². The van der Waals surface area contributed by atoms with Gasteiger partial charge >= 0.3 is 12.3 Å². The fraction of sp³-hybridized carbons (Fsp3) is 0.385. The molecule has 0 atom stereocenters. The van der Waals surface area contributed by atoms with Gasteiger partial charge in [0.2, 0.25) is 0 Å². The van der Waals surface area contributed by atoms with E-state index < -0.39 is 23.4 Å². The normalized spacial score (nSPS) is 14.4. The van der Waals surface area contributed by atoms with Gasteiger partial charge in [0.25, 0.3) is 5.56 Å². The zero-order valence-electron chi connectivity index (χ0n) is 21.5. The molecule has 0 fully saturated rings. The lowest BCUT2D eigenvalue weighted by atomic mass is 9.99. The topological polar surface area (TPSA) is 115 Å². The average Bonchev–Trinajstić information content (AvgIpc) is 2.83. The molecule has 38 heavy (non-hydrogen) atoms. The Hall–Kier alpha value is -4.09. The highest BCUT2D eigenvalue weighted by Gasteiger charge is 2.31. The molecule has 9 nitrogen and oxygen atoms in total. The summed E-state index contributed by atoms with van der Waals surface area (Å²) in [5.41, 5.74) is 5.87. The lowest BCUT2D eigenvalue weighted by Crippen LogP contribution is -2.39. The van der Waals surface area contributed by atoms with Gasteiger partial charge in [-0.2, -0.15) is 13.2 Å². The number of carbonyl (C=O) groups is 1. The van der Waals surface area contributed by atoms with Crippen LogP contribution in [0.5, 0.6) is 0 Å². The summed E-state index contributed by atoms with van der Waals surface area (Å²) >= 11 is 0. The van der Waals surface area contributed by atoms with Crippen molar-refractivity contribution in [3.63, 3.8) is 0 Å². The maximum atomic E-state index is 13.2. The van der Waals surface area contributed by atoms with Gasteiger partial charge in [-0.15, -0.1) is 0 Å². The number of ether oxygens (including phenoxy) is 1. The summed E-state index contributed by atoms with van der Waals surface area (Å²) < 4.78 is 46.4. The van der Waals surface area contributed by atoms with Crippen molar-refractivity contribution in [3.05, 3.63) is 63.7 Å². The van der Waals surface area contributed by atoms with Crippen LogP contribution in [-0.4, -0.2) is 44.2 Å². The van der Waals surface area contributed by atoms with Crippen LogP contribution in [0.2, 0.25) is 0 Å². The van der Waals surface area contributed by atoms with E-state index in [0.717, 1.165) is 17.7 Å². The molecule has 3 heterocycles. The predicted molar refractivity (Wildman–Crippen MR) is 138 cm³/mol. The third kappa shape index (κ3) is 5.90. The van der Waals surface area contributed by atoms with Gasteiger partial charge in [-0.25, -0.2) is 14.8 Å². The molecule has 0 saturated heterocycles. The molecule has 0 aliphatic carbocycles. The Kier molecular flexibility index (Phi) is 7.09. The van der Waals surface area contributed by atoms with E-state index in [0.29, 0.717) is 47.5 Å². The van der Waals surface area contributed by atoms with Crippen LogP contribution < -0.4 is 16.6 Å². The number of anilines is 2. The van der Waals surface area contributed by atoms with Crippen LogP contribution in [0.25, 0.3) is 16.6 Å². The van der Waals surface area contributed by atoms with Crippen molar-refractivity contribution >= 4 is 34.2 Å². The van der Waals surface area contributed by atoms with Crippen LogP contribution in [0.3, 0.4) is 0 Å². The molecule has 0 bridgehead atoms. The number of aryl methyl sites for hydroxylation is 1. The first kappa shape index (κ1) is 27.0. The second-order valence-corrected chi connectivity index (χ2v) is 10.1. The second-order valence-electron chi connectivity index (χ2n) is 10.1. The van der Waals surface area contributed by atoms with Crippen molar-refractivity contribution in [2.75, 3.05) is 24.1 Å². The zero-order chi connectivity index (χ0) is 27.8. The summed E-state index contributed by atoms with van der Waals surface area (Å²) in [5.74, 6) is 0.356. The van der Waals surface area contributed by atoms with Crippen molar-refractivity contribution < 1.29 is 22.7 Å². The summed E-state index contributed by atoms with van der Waals surface area (Å²) in [4.78, 5) is 35.6. The minimum absolute atomic E-state index is 0.00138. The predicted octanol–water partition coefficient (Wildman–Crippen LogP) is 4.57. The molecule has 3 aromatic rings. The van der Waals surface area contributed by atoms with Gasteiger partial charge in [-0.05, 0) is 62.6 Å². The lowest BCUT2D eigenvalue weighted by molar-refractivity contribution is -0.137. The third-order valence-corrected chi connectivity index (χ3v) is 6.01. The highest BCUT2D eigenvalue weighted by atomic mass is 19.4. The van der Waals surface area contributed by atoms with Crippen LogP contribution in [0.1, 0.15) is 43.9 Å². The molecule has 3 N–H and O–H groups in total. The van der Waals surface area contributed by atoms with Gasteiger partial charge < -0.3 is 20.7 Å². The van der Waals surface area contributed by atoms with Crippen LogP contribution in [0.4, 0.5) is 29.5 Å². The summed E-state index contributed by atoms with van der Waals surface area (Å²) in [6, 6.07) is 5.04. The number of carbonyl (C=O) groups excluding carboxylic acids is 1. The molecule has 1 aliphatic heterocycles. The number of hydrogen-bond acceptors (Lipinski definition) is 7. The Labute approximate surface area is 217 Å².